The molecule has 0 radical (unpaired) electrons. The molecule has 0 aliphatic carbocycles. The highest BCUT2D eigenvalue weighted by Crippen LogP contribution is 2.20. The van der Waals surface area contributed by atoms with Crippen LogP contribution in [0.5, 0.6) is 12.0 Å². The second-order valence-electron chi connectivity index (χ2n) is 4.32. The number of aromatic nitrogens is 4. The fourth-order valence-electron chi connectivity index (χ4n) is 1.37. The van der Waals surface area contributed by atoms with E-state index in [2.05, 4.69) is 29.4 Å². The van der Waals surface area contributed by atoms with E-state index >= 15 is 0 Å². The average Bonchev–Trinajstić information content (AvgIpc) is 2.51. The quantitative estimate of drug-likeness (QED) is 0.769. The molecule has 0 fully saturated rings. The molecule has 0 aliphatic rings. The second kappa shape index (κ2) is 6.84. The van der Waals surface area contributed by atoms with Gasteiger partial charge in [0, 0.05) is 35.9 Å². The van der Waals surface area contributed by atoms with Gasteiger partial charge in [-0.1, -0.05) is 0 Å². The van der Waals surface area contributed by atoms with Gasteiger partial charge in [-0.3, -0.25) is 0 Å². The van der Waals surface area contributed by atoms with Gasteiger partial charge in [0.05, 0.1) is 0 Å². The highest BCUT2D eigenvalue weighted by molar-refractivity contribution is 5.59. The molecule has 0 bridgehead atoms. The molecule has 0 saturated heterocycles. The van der Waals surface area contributed by atoms with Crippen molar-refractivity contribution in [1.29, 1.82) is 0 Å². The minimum Gasteiger partial charge on any atom is -0.454 e. The van der Waals surface area contributed by atoms with Crippen molar-refractivity contribution < 1.29 is 35.8 Å². The minimum atomic E-state index is -4.51. The second-order valence-corrected chi connectivity index (χ2v) is 4.32. The Morgan fingerprint density at radius 1 is 0.625 bits per heavy atom. The molecule has 2 aromatic rings. The van der Waals surface area contributed by atoms with Crippen molar-refractivity contribution in [3.8, 4) is 23.1 Å². The van der Waals surface area contributed by atoms with E-state index in [0.717, 1.165) is 24.8 Å². The Kier molecular flexibility index (Phi) is 5.04. The van der Waals surface area contributed by atoms with Gasteiger partial charge in [-0.25, -0.2) is 19.9 Å². The molecule has 0 aliphatic heterocycles. The molecule has 2 heterocycles. The Balaban J connectivity index is 1.99. The molecule has 24 heavy (non-hydrogen) atoms. The van der Waals surface area contributed by atoms with Crippen LogP contribution < -0.4 is 9.47 Å². The van der Waals surface area contributed by atoms with E-state index in [4.69, 9.17) is 0 Å². The number of alkyl halides is 6. The summed E-state index contributed by atoms with van der Waals surface area (Å²) in [5.74, 6) is 0. The van der Waals surface area contributed by atoms with Gasteiger partial charge in [0.2, 0.25) is 0 Å². The van der Waals surface area contributed by atoms with Gasteiger partial charge in [0.25, 0.3) is 0 Å². The number of ether oxygens (including phenoxy) is 2. The van der Waals surface area contributed by atoms with E-state index in [1.165, 1.54) is 0 Å². The van der Waals surface area contributed by atoms with Crippen molar-refractivity contribution in [3.63, 3.8) is 0 Å². The van der Waals surface area contributed by atoms with Crippen LogP contribution in [0.25, 0.3) is 11.1 Å². The molecular weight excluding hydrogens is 346 g/mol. The zero-order chi connectivity index (χ0) is 17.8. The number of hydrogen-bond acceptors (Lipinski definition) is 6. The number of rotatable bonds is 5. The van der Waals surface area contributed by atoms with Crippen LogP contribution in [0.4, 0.5) is 26.3 Å². The third kappa shape index (κ3) is 5.85. The van der Waals surface area contributed by atoms with E-state index in [1.807, 2.05) is 0 Å². The van der Waals surface area contributed by atoms with Crippen LogP contribution in [0.3, 0.4) is 0 Å². The molecule has 0 spiro atoms. The zero-order valence-corrected chi connectivity index (χ0v) is 11.6. The first-order valence-corrected chi connectivity index (χ1v) is 6.16. The van der Waals surface area contributed by atoms with Gasteiger partial charge < -0.3 is 9.47 Å². The van der Waals surface area contributed by atoms with Gasteiger partial charge in [-0.2, -0.15) is 26.3 Å². The third-order valence-electron chi connectivity index (χ3n) is 2.32. The van der Waals surface area contributed by atoms with Crippen LogP contribution >= 0.6 is 0 Å². The van der Waals surface area contributed by atoms with Crippen molar-refractivity contribution in [2.45, 2.75) is 12.4 Å². The Labute approximate surface area is 130 Å². The monoisotopic (exact) mass is 354 g/mol. The van der Waals surface area contributed by atoms with Crippen LogP contribution in [-0.2, 0) is 0 Å². The number of halogens is 6. The maximum Gasteiger partial charge on any atom is 0.422 e. The SMILES string of the molecule is FC(F)(F)COc1ncc(-c2cnc(OCC(F)(F)F)nc2)cn1. The van der Waals surface area contributed by atoms with Gasteiger partial charge in [0.15, 0.2) is 13.2 Å². The molecule has 0 aromatic carbocycles. The summed E-state index contributed by atoms with van der Waals surface area (Å²) >= 11 is 0. The number of nitrogens with zero attached hydrogens (tertiary/aromatic N) is 4. The summed E-state index contributed by atoms with van der Waals surface area (Å²) in [5, 5.41) is 0. The van der Waals surface area contributed by atoms with Crippen molar-refractivity contribution in [1.82, 2.24) is 19.9 Å². The van der Waals surface area contributed by atoms with E-state index in [1.54, 1.807) is 0 Å². The van der Waals surface area contributed by atoms with E-state index in [-0.39, 0.29) is 0 Å². The molecule has 12 heteroatoms. The normalized spacial score (nSPS) is 12.1. The molecular formula is C12H8F6N4O2. The Morgan fingerprint density at radius 3 is 1.17 bits per heavy atom. The van der Waals surface area contributed by atoms with Gasteiger partial charge in [-0.05, 0) is 0 Å². The summed E-state index contributed by atoms with van der Waals surface area (Å²) in [6.07, 6.45) is -4.38. The standard InChI is InChI=1S/C12H8F6N4O2/c13-11(14,15)5-23-9-19-1-7(2-20-9)8-3-21-10(22-4-8)24-6-12(16,17)18/h1-4H,5-6H2. The smallest absolute Gasteiger partial charge is 0.422 e. The fourth-order valence-corrected chi connectivity index (χ4v) is 1.37. The zero-order valence-electron chi connectivity index (χ0n) is 11.6. The lowest BCUT2D eigenvalue weighted by Gasteiger charge is -2.08. The third-order valence-corrected chi connectivity index (χ3v) is 2.32. The first-order chi connectivity index (χ1) is 11.1. The Hall–Kier alpha value is -2.66. The van der Waals surface area contributed by atoms with Crippen LogP contribution in [0, 0.1) is 0 Å². The predicted molar refractivity (Wildman–Crippen MR) is 66.2 cm³/mol. The largest absolute Gasteiger partial charge is 0.454 e. The molecule has 6 nitrogen and oxygen atoms in total. The summed E-state index contributed by atoms with van der Waals surface area (Å²) < 4.78 is 80.6. The Morgan fingerprint density at radius 2 is 0.917 bits per heavy atom. The fraction of sp³-hybridized carbons (Fsp3) is 0.333. The van der Waals surface area contributed by atoms with Crippen molar-refractivity contribution >= 4 is 0 Å². The summed E-state index contributed by atoms with van der Waals surface area (Å²) in [6, 6.07) is -0.941. The van der Waals surface area contributed by atoms with Crippen molar-refractivity contribution in [3.05, 3.63) is 24.8 Å². The highest BCUT2D eigenvalue weighted by Gasteiger charge is 2.29. The van der Waals surface area contributed by atoms with Crippen molar-refractivity contribution in [2.24, 2.45) is 0 Å². The topological polar surface area (TPSA) is 70.0 Å². The number of hydrogen-bond donors (Lipinski definition) is 0. The maximum absolute atomic E-state index is 12.0. The van der Waals surface area contributed by atoms with Gasteiger partial charge >= 0.3 is 24.4 Å². The Bertz CT molecular complexity index is 598. The van der Waals surface area contributed by atoms with Crippen molar-refractivity contribution in [2.75, 3.05) is 13.2 Å². The van der Waals surface area contributed by atoms with Crippen LogP contribution in [0.2, 0.25) is 0 Å². The van der Waals surface area contributed by atoms with E-state index < -0.39 is 37.6 Å². The molecule has 2 aromatic heterocycles. The molecule has 0 N–H and O–H groups in total. The highest BCUT2D eigenvalue weighted by atomic mass is 19.4. The molecule has 0 saturated carbocycles. The van der Waals surface area contributed by atoms with E-state index in [0.29, 0.717) is 11.1 Å². The average molecular weight is 354 g/mol. The summed E-state index contributed by atoms with van der Waals surface area (Å²) in [5.41, 5.74) is 0.661. The summed E-state index contributed by atoms with van der Waals surface area (Å²) in [4.78, 5) is 14.3. The lowest BCUT2D eigenvalue weighted by molar-refractivity contribution is -0.155. The lowest BCUT2D eigenvalue weighted by Crippen LogP contribution is -2.20. The summed E-state index contributed by atoms with van der Waals surface area (Å²) in [7, 11) is 0. The molecule has 0 atom stereocenters. The molecule has 130 valence electrons. The molecule has 0 amide bonds. The van der Waals surface area contributed by atoms with E-state index in [9.17, 15) is 26.3 Å². The van der Waals surface area contributed by atoms with Gasteiger partial charge in [0.1, 0.15) is 0 Å². The molecule has 2 rings (SSSR count). The first kappa shape index (κ1) is 17.7. The van der Waals surface area contributed by atoms with Crippen LogP contribution in [0.1, 0.15) is 0 Å². The maximum atomic E-state index is 12.0. The molecule has 0 unspecified atom stereocenters. The van der Waals surface area contributed by atoms with Crippen LogP contribution in [-0.4, -0.2) is 45.5 Å². The summed E-state index contributed by atoms with van der Waals surface area (Å²) in [6.45, 7) is -3.05. The minimum absolute atomic E-state index is 0.330. The predicted octanol–water partition coefficient (Wildman–Crippen LogP) is 2.82. The van der Waals surface area contributed by atoms with Crippen LogP contribution in [0.15, 0.2) is 24.8 Å². The lowest BCUT2D eigenvalue weighted by atomic mass is 10.2. The van der Waals surface area contributed by atoms with Gasteiger partial charge in [-0.15, -0.1) is 0 Å². The first-order valence-electron chi connectivity index (χ1n) is 6.16.